The lowest BCUT2D eigenvalue weighted by Gasteiger charge is -2.23. The maximum absolute atomic E-state index is 12.5. The average molecular weight is 353 g/mol. The molecule has 1 aliphatic heterocycles. The monoisotopic (exact) mass is 351 g/mol. The van der Waals surface area contributed by atoms with E-state index >= 15 is 0 Å². The molecule has 19 heavy (non-hydrogen) atoms. The zero-order valence-corrected chi connectivity index (χ0v) is 13.0. The van der Waals surface area contributed by atoms with Gasteiger partial charge in [-0.05, 0) is 12.1 Å². The van der Waals surface area contributed by atoms with Crippen LogP contribution < -0.4 is 5.32 Å². The van der Waals surface area contributed by atoms with Crippen LogP contribution in [0.4, 0.5) is 11.4 Å². The van der Waals surface area contributed by atoms with E-state index in [2.05, 4.69) is 5.32 Å². The molecule has 0 fully saturated rings. The topological polar surface area (TPSA) is 35.1 Å². The molecule has 1 N–H and O–H groups in total. The summed E-state index contributed by atoms with van der Waals surface area (Å²) in [5, 5.41) is 4.64. The van der Waals surface area contributed by atoms with Gasteiger partial charge in [0.05, 0.1) is 31.5 Å². The fourth-order valence-electron chi connectivity index (χ4n) is 1.82. The van der Waals surface area contributed by atoms with Crippen LogP contribution in [0.5, 0.6) is 0 Å². The Kier molecular flexibility index (Phi) is 3.54. The first-order valence-electron chi connectivity index (χ1n) is 5.14. The van der Waals surface area contributed by atoms with Crippen molar-refractivity contribution in [2.75, 3.05) is 5.32 Å². The molecule has 7 heteroatoms. The van der Waals surface area contributed by atoms with Crippen molar-refractivity contribution in [1.29, 1.82) is 0 Å². The lowest BCUT2D eigenvalue weighted by atomic mass is 10.2. The molecule has 2 aromatic carbocycles. The van der Waals surface area contributed by atoms with Gasteiger partial charge in [0.25, 0.3) is 0 Å². The van der Waals surface area contributed by atoms with Gasteiger partial charge < -0.3 is 9.87 Å². The third-order valence-electron chi connectivity index (χ3n) is 2.71. The maximum Gasteiger partial charge on any atom is 0.183 e. The highest BCUT2D eigenvalue weighted by atomic mass is 35.5. The molecule has 0 saturated heterocycles. The molecular formula is C12H5Cl4NOS. The molecule has 1 aliphatic rings. The Bertz CT molecular complexity index is 634. The van der Waals surface area contributed by atoms with E-state index in [-0.39, 0.29) is 0 Å². The lowest BCUT2D eigenvalue weighted by molar-refractivity contribution is 0.595. The number of benzene rings is 2. The zero-order valence-electron chi connectivity index (χ0n) is 9.14. The van der Waals surface area contributed by atoms with Crippen LogP contribution >= 0.6 is 46.4 Å². The molecule has 0 unspecified atom stereocenters. The molecule has 0 spiro atoms. The van der Waals surface area contributed by atoms with Crippen molar-refractivity contribution in [3.05, 3.63) is 44.4 Å². The summed E-state index contributed by atoms with van der Waals surface area (Å²) >= 11 is 22.4. The van der Waals surface area contributed by atoms with Crippen molar-refractivity contribution in [2.24, 2.45) is 0 Å². The Morgan fingerprint density at radius 1 is 0.737 bits per heavy atom. The van der Waals surface area contributed by atoms with Gasteiger partial charge in [-0.25, -0.2) is 0 Å². The zero-order chi connectivity index (χ0) is 13.7. The highest BCUT2D eigenvalue weighted by Gasteiger charge is 2.30. The van der Waals surface area contributed by atoms with E-state index in [1.807, 2.05) is 0 Å². The smallest absolute Gasteiger partial charge is 0.183 e. The quantitative estimate of drug-likeness (QED) is 0.633. The van der Waals surface area contributed by atoms with Crippen LogP contribution in [0.25, 0.3) is 0 Å². The number of rotatable bonds is 0. The third kappa shape index (κ3) is 2.29. The van der Waals surface area contributed by atoms with Gasteiger partial charge in [-0.2, -0.15) is 0 Å². The van der Waals surface area contributed by atoms with Crippen molar-refractivity contribution in [3.8, 4) is 0 Å². The molecule has 0 radical (unpaired) electrons. The fraction of sp³-hybridized carbons (Fsp3) is 0. The molecule has 0 saturated carbocycles. The first-order valence-corrected chi connectivity index (χ1v) is 7.80. The summed E-state index contributed by atoms with van der Waals surface area (Å²) in [6.45, 7) is 0. The van der Waals surface area contributed by atoms with Crippen molar-refractivity contribution in [1.82, 2.24) is 0 Å². The van der Waals surface area contributed by atoms with E-state index in [9.17, 15) is 4.55 Å². The molecule has 3 rings (SSSR count). The number of nitrogens with one attached hydrogen (secondary N) is 1. The fourth-order valence-corrected chi connectivity index (χ4v) is 3.91. The first kappa shape index (κ1) is 13.7. The molecule has 2 aromatic rings. The van der Waals surface area contributed by atoms with E-state index in [1.165, 1.54) is 0 Å². The van der Waals surface area contributed by atoms with Crippen molar-refractivity contribution >= 4 is 69.0 Å². The van der Waals surface area contributed by atoms with Crippen LogP contribution in [-0.2, 0) is 11.2 Å². The second-order valence-electron chi connectivity index (χ2n) is 3.92. The summed E-state index contributed by atoms with van der Waals surface area (Å²) in [7, 11) is 0. The standard InChI is InChI=1S/C12H5Cl4NOS/c13-5-1-9-11(3-7(5)15)19(18)12-4-8(16)6(14)2-10(12)17-9/h1-4,17H. The van der Waals surface area contributed by atoms with E-state index in [0.717, 1.165) is 0 Å². The van der Waals surface area contributed by atoms with Crippen LogP contribution in [0, 0.1) is 0 Å². The minimum atomic E-state index is -1.38. The second-order valence-corrected chi connectivity index (χ2v) is 6.96. The number of halogens is 4. The molecule has 0 bridgehead atoms. The predicted octanol–water partition coefficient (Wildman–Crippen LogP) is 5.52. The maximum atomic E-state index is 12.5. The van der Waals surface area contributed by atoms with Crippen molar-refractivity contribution < 1.29 is 4.55 Å². The molecule has 0 amide bonds. The van der Waals surface area contributed by atoms with E-state index in [0.29, 0.717) is 41.3 Å². The van der Waals surface area contributed by atoms with E-state index in [4.69, 9.17) is 46.4 Å². The Labute approximate surface area is 132 Å². The van der Waals surface area contributed by atoms with Gasteiger partial charge in [0.1, 0.15) is 0 Å². The largest absolute Gasteiger partial charge is 0.606 e. The summed E-state index contributed by atoms with van der Waals surface area (Å²) in [5.74, 6) is 0. The first-order chi connectivity index (χ1) is 8.97. The second kappa shape index (κ2) is 4.92. The van der Waals surface area contributed by atoms with Gasteiger partial charge in [-0.1, -0.05) is 46.4 Å². The Balaban J connectivity index is 2.20. The van der Waals surface area contributed by atoms with E-state index in [1.54, 1.807) is 24.3 Å². The average Bonchev–Trinajstić information content (AvgIpc) is 2.35. The molecule has 0 aromatic heterocycles. The molecule has 2 nitrogen and oxygen atoms in total. The Morgan fingerprint density at radius 3 is 1.53 bits per heavy atom. The van der Waals surface area contributed by atoms with Crippen LogP contribution in [0.2, 0.25) is 20.1 Å². The Morgan fingerprint density at radius 2 is 1.11 bits per heavy atom. The number of fused-ring (bicyclic) bond motifs is 2. The van der Waals surface area contributed by atoms with Crippen LogP contribution in [0.1, 0.15) is 0 Å². The molecule has 0 aliphatic carbocycles. The summed E-state index contributed by atoms with van der Waals surface area (Å²) in [6, 6.07) is 6.46. The van der Waals surface area contributed by atoms with Gasteiger partial charge in [0.15, 0.2) is 9.79 Å². The molecule has 0 atom stereocenters. The summed E-state index contributed by atoms with van der Waals surface area (Å²) in [5.41, 5.74) is 1.30. The summed E-state index contributed by atoms with van der Waals surface area (Å²) in [6.07, 6.45) is 0. The van der Waals surface area contributed by atoms with Gasteiger partial charge in [0, 0.05) is 23.3 Å². The normalized spacial score (nSPS) is 13.7. The van der Waals surface area contributed by atoms with Gasteiger partial charge >= 0.3 is 0 Å². The number of hydrogen-bond acceptors (Lipinski definition) is 2. The number of anilines is 2. The Hall–Kier alpha value is -0.290. The predicted molar refractivity (Wildman–Crippen MR) is 80.9 cm³/mol. The molecule has 1 heterocycles. The van der Waals surface area contributed by atoms with Crippen LogP contribution in [0.15, 0.2) is 34.1 Å². The van der Waals surface area contributed by atoms with Crippen LogP contribution in [0.3, 0.4) is 0 Å². The minimum Gasteiger partial charge on any atom is -0.606 e. The van der Waals surface area contributed by atoms with Gasteiger partial charge in [-0.15, -0.1) is 0 Å². The van der Waals surface area contributed by atoms with Gasteiger partial charge in [0.2, 0.25) is 0 Å². The highest BCUT2D eigenvalue weighted by molar-refractivity contribution is 7.92. The molecular weight excluding hydrogens is 348 g/mol. The van der Waals surface area contributed by atoms with Crippen molar-refractivity contribution in [3.63, 3.8) is 0 Å². The van der Waals surface area contributed by atoms with E-state index < -0.39 is 11.2 Å². The summed E-state index contributed by atoms with van der Waals surface area (Å²) in [4.78, 5) is 1.14. The van der Waals surface area contributed by atoms with Crippen LogP contribution in [-0.4, -0.2) is 4.55 Å². The van der Waals surface area contributed by atoms with Gasteiger partial charge in [-0.3, -0.25) is 0 Å². The lowest BCUT2D eigenvalue weighted by Crippen LogP contribution is -2.14. The number of hydrogen-bond donors (Lipinski definition) is 1. The summed E-state index contributed by atoms with van der Waals surface area (Å²) < 4.78 is 12.5. The van der Waals surface area contributed by atoms with Crippen molar-refractivity contribution in [2.45, 2.75) is 9.79 Å². The third-order valence-corrected chi connectivity index (χ3v) is 5.63. The SMILES string of the molecule is [O-][S+]1c2cc(Cl)c(Cl)cc2Nc2cc(Cl)c(Cl)cc21. The molecule has 98 valence electrons. The highest BCUT2D eigenvalue weighted by Crippen LogP contribution is 2.44. The minimum absolute atomic E-state index is 0.360.